The fourth-order valence-electron chi connectivity index (χ4n) is 2.01. The van der Waals surface area contributed by atoms with Gasteiger partial charge in [-0.05, 0) is 32.4 Å². The molecule has 1 rings (SSSR count). The molecule has 1 N–H and O–H groups in total. The number of nitrogens with zero attached hydrogens (tertiary/aromatic N) is 1. The van der Waals surface area contributed by atoms with Crippen molar-refractivity contribution in [2.75, 3.05) is 25.5 Å². The molecule has 1 aromatic rings. The van der Waals surface area contributed by atoms with Crippen molar-refractivity contribution in [3.05, 3.63) is 24.3 Å². The molecule has 0 fully saturated rings. The van der Waals surface area contributed by atoms with Crippen LogP contribution in [0, 0.1) is 0 Å². The summed E-state index contributed by atoms with van der Waals surface area (Å²) in [6.45, 7) is 7.43. The summed E-state index contributed by atoms with van der Waals surface area (Å²) in [5, 5.41) is 3.51. The SMILES string of the molecule is CCCC(C)NCC(C)Oc1cccc(N(C)C)c1. The highest BCUT2D eigenvalue weighted by Crippen LogP contribution is 2.20. The lowest BCUT2D eigenvalue weighted by molar-refractivity contribution is 0.211. The second-order valence-electron chi connectivity index (χ2n) is 5.42. The molecule has 0 spiro atoms. The number of anilines is 1. The summed E-state index contributed by atoms with van der Waals surface area (Å²) in [7, 11) is 4.08. The maximum atomic E-state index is 5.94. The van der Waals surface area contributed by atoms with Crippen molar-refractivity contribution in [3.8, 4) is 5.75 Å². The molecule has 0 aliphatic carbocycles. The van der Waals surface area contributed by atoms with Crippen LogP contribution in [0.2, 0.25) is 0 Å². The average Bonchev–Trinajstić information content (AvgIpc) is 2.37. The molecule has 3 nitrogen and oxygen atoms in total. The Labute approximate surface area is 118 Å². The van der Waals surface area contributed by atoms with Gasteiger partial charge in [0.05, 0.1) is 0 Å². The molecule has 3 heteroatoms. The molecule has 0 aliphatic heterocycles. The Morgan fingerprint density at radius 3 is 2.63 bits per heavy atom. The monoisotopic (exact) mass is 264 g/mol. The van der Waals surface area contributed by atoms with E-state index in [9.17, 15) is 0 Å². The third kappa shape index (κ3) is 5.97. The zero-order chi connectivity index (χ0) is 14.3. The molecular weight excluding hydrogens is 236 g/mol. The molecule has 0 saturated carbocycles. The van der Waals surface area contributed by atoms with E-state index < -0.39 is 0 Å². The first-order valence-corrected chi connectivity index (χ1v) is 7.20. The highest BCUT2D eigenvalue weighted by molar-refractivity contribution is 5.49. The lowest BCUT2D eigenvalue weighted by Gasteiger charge is -2.20. The Morgan fingerprint density at radius 2 is 2.00 bits per heavy atom. The Hall–Kier alpha value is -1.22. The van der Waals surface area contributed by atoms with Crippen LogP contribution >= 0.6 is 0 Å². The zero-order valence-electron chi connectivity index (χ0n) is 12.9. The standard InChI is InChI=1S/C16H28N2O/c1-6-8-13(2)17-12-14(3)19-16-10-7-9-15(11-16)18(4)5/h7,9-11,13-14,17H,6,8,12H2,1-5H3. The molecule has 0 aromatic heterocycles. The van der Waals surface area contributed by atoms with E-state index >= 15 is 0 Å². The van der Waals surface area contributed by atoms with E-state index in [2.05, 4.69) is 43.1 Å². The molecular formula is C16H28N2O. The molecule has 0 heterocycles. The van der Waals surface area contributed by atoms with Crippen LogP contribution in [0.25, 0.3) is 0 Å². The predicted octanol–water partition coefficient (Wildman–Crippen LogP) is 3.30. The topological polar surface area (TPSA) is 24.5 Å². The second-order valence-corrected chi connectivity index (χ2v) is 5.42. The second kappa shape index (κ2) is 8.05. The van der Waals surface area contributed by atoms with Gasteiger partial charge in [0.1, 0.15) is 11.9 Å². The highest BCUT2D eigenvalue weighted by Gasteiger charge is 2.07. The summed E-state index contributed by atoms with van der Waals surface area (Å²) in [6.07, 6.45) is 2.61. The molecule has 0 amide bonds. The number of nitrogens with one attached hydrogen (secondary N) is 1. The van der Waals surface area contributed by atoms with Crippen molar-refractivity contribution in [1.29, 1.82) is 0 Å². The van der Waals surface area contributed by atoms with Crippen LogP contribution < -0.4 is 15.0 Å². The minimum absolute atomic E-state index is 0.178. The maximum absolute atomic E-state index is 5.94. The van der Waals surface area contributed by atoms with Gasteiger partial charge in [-0.15, -0.1) is 0 Å². The van der Waals surface area contributed by atoms with E-state index in [0.29, 0.717) is 6.04 Å². The van der Waals surface area contributed by atoms with Gasteiger partial charge in [-0.3, -0.25) is 0 Å². The highest BCUT2D eigenvalue weighted by atomic mass is 16.5. The van der Waals surface area contributed by atoms with Gasteiger partial charge < -0.3 is 15.0 Å². The molecule has 2 atom stereocenters. The summed E-state index contributed by atoms with van der Waals surface area (Å²) in [5.74, 6) is 0.934. The minimum Gasteiger partial charge on any atom is -0.489 e. The van der Waals surface area contributed by atoms with Crippen LogP contribution in [0.4, 0.5) is 5.69 Å². The first-order chi connectivity index (χ1) is 9.02. The summed E-state index contributed by atoms with van der Waals surface area (Å²) < 4.78 is 5.94. The van der Waals surface area contributed by atoms with Crippen molar-refractivity contribution >= 4 is 5.69 Å². The van der Waals surface area contributed by atoms with Crippen LogP contribution in [-0.2, 0) is 0 Å². The molecule has 19 heavy (non-hydrogen) atoms. The number of ether oxygens (including phenoxy) is 1. The van der Waals surface area contributed by atoms with E-state index in [4.69, 9.17) is 4.74 Å². The van der Waals surface area contributed by atoms with Gasteiger partial charge in [-0.1, -0.05) is 19.4 Å². The van der Waals surface area contributed by atoms with Crippen molar-refractivity contribution < 1.29 is 4.74 Å². The third-order valence-electron chi connectivity index (χ3n) is 3.15. The quantitative estimate of drug-likeness (QED) is 0.779. The number of rotatable bonds is 8. The Bertz CT molecular complexity index is 366. The first-order valence-electron chi connectivity index (χ1n) is 7.20. The smallest absolute Gasteiger partial charge is 0.121 e. The molecule has 0 radical (unpaired) electrons. The van der Waals surface area contributed by atoms with E-state index in [1.54, 1.807) is 0 Å². The number of hydrogen-bond donors (Lipinski definition) is 1. The van der Waals surface area contributed by atoms with E-state index in [0.717, 1.165) is 18.0 Å². The Kier molecular flexibility index (Phi) is 6.71. The van der Waals surface area contributed by atoms with Crippen molar-refractivity contribution in [1.82, 2.24) is 5.32 Å². The average molecular weight is 264 g/mol. The molecule has 0 saturated heterocycles. The number of benzene rings is 1. The lowest BCUT2D eigenvalue weighted by Crippen LogP contribution is -2.34. The third-order valence-corrected chi connectivity index (χ3v) is 3.15. The fraction of sp³-hybridized carbons (Fsp3) is 0.625. The van der Waals surface area contributed by atoms with Gasteiger partial charge in [-0.25, -0.2) is 0 Å². The van der Waals surface area contributed by atoms with Crippen LogP contribution in [0.3, 0.4) is 0 Å². The van der Waals surface area contributed by atoms with Gasteiger partial charge in [0.2, 0.25) is 0 Å². The molecule has 108 valence electrons. The lowest BCUT2D eigenvalue weighted by atomic mass is 10.2. The predicted molar refractivity (Wildman–Crippen MR) is 83.2 cm³/mol. The van der Waals surface area contributed by atoms with Crippen LogP contribution in [0.15, 0.2) is 24.3 Å². The molecule has 2 unspecified atom stereocenters. The molecule has 0 aliphatic rings. The molecule has 0 bridgehead atoms. The Morgan fingerprint density at radius 1 is 1.26 bits per heavy atom. The summed E-state index contributed by atoms with van der Waals surface area (Å²) in [4.78, 5) is 2.08. The normalized spacial score (nSPS) is 13.9. The van der Waals surface area contributed by atoms with Gasteiger partial charge in [0, 0.05) is 38.4 Å². The van der Waals surface area contributed by atoms with Crippen LogP contribution in [-0.4, -0.2) is 32.8 Å². The van der Waals surface area contributed by atoms with E-state index in [1.165, 1.54) is 12.8 Å². The maximum Gasteiger partial charge on any atom is 0.121 e. The van der Waals surface area contributed by atoms with Crippen molar-refractivity contribution in [2.24, 2.45) is 0 Å². The molecule has 1 aromatic carbocycles. The van der Waals surface area contributed by atoms with Gasteiger partial charge in [0.15, 0.2) is 0 Å². The fourth-order valence-corrected chi connectivity index (χ4v) is 2.01. The van der Waals surface area contributed by atoms with Gasteiger partial charge in [-0.2, -0.15) is 0 Å². The zero-order valence-corrected chi connectivity index (χ0v) is 12.9. The van der Waals surface area contributed by atoms with Crippen molar-refractivity contribution in [2.45, 2.75) is 45.8 Å². The summed E-state index contributed by atoms with van der Waals surface area (Å²) >= 11 is 0. The van der Waals surface area contributed by atoms with Crippen LogP contribution in [0.5, 0.6) is 5.75 Å². The summed E-state index contributed by atoms with van der Waals surface area (Å²) in [5.41, 5.74) is 1.16. The van der Waals surface area contributed by atoms with E-state index in [1.807, 2.05) is 26.2 Å². The van der Waals surface area contributed by atoms with Crippen molar-refractivity contribution in [3.63, 3.8) is 0 Å². The van der Waals surface area contributed by atoms with Gasteiger partial charge >= 0.3 is 0 Å². The summed E-state index contributed by atoms with van der Waals surface area (Å²) in [6, 6.07) is 8.76. The Balaban J connectivity index is 2.43. The van der Waals surface area contributed by atoms with Gasteiger partial charge in [0.25, 0.3) is 0 Å². The largest absolute Gasteiger partial charge is 0.489 e. The minimum atomic E-state index is 0.178. The van der Waals surface area contributed by atoms with E-state index in [-0.39, 0.29) is 6.10 Å². The first kappa shape index (κ1) is 15.8. The number of hydrogen-bond acceptors (Lipinski definition) is 3. The van der Waals surface area contributed by atoms with Crippen LogP contribution in [0.1, 0.15) is 33.6 Å².